The van der Waals surface area contributed by atoms with Crippen molar-refractivity contribution in [3.05, 3.63) is 35.0 Å². The van der Waals surface area contributed by atoms with Crippen LogP contribution in [-0.4, -0.2) is 32.5 Å². The number of ether oxygens (including phenoxy) is 1. The third kappa shape index (κ3) is 2.04. The number of allylic oxidation sites excluding steroid dienone is 3. The Morgan fingerprint density at radius 2 is 2.35 bits per heavy atom. The molecule has 0 amide bonds. The molecule has 6 heteroatoms. The van der Waals surface area contributed by atoms with Crippen molar-refractivity contribution in [3.63, 3.8) is 0 Å². The zero-order chi connectivity index (χ0) is 11.1. The molecule has 0 spiro atoms. The number of hydrogen-bond acceptors (Lipinski definition) is 4. The smallest absolute Gasteiger partial charge is 0.494 e. The molecule has 0 unspecified atom stereocenters. The molecule has 0 saturated carbocycles. The predicted octanol–water partition coefficient (Wildman–Crippen LogP) is 0.979. The van der Waals surface area contributed by atoms with Crippen LogP contribution in [0.1, 0.15) is 6.92 Å². The van der Waals surface area contributed by atoms with E-state index in [0.29, 0.717) is 13.2 Å². The summed E-state index contributed by atoms with van der Waals surface area (Å²) in [5.74, 6) is 0. The third-order valence-corrected chi connectivity index (χ3v) is 3.20. The summed E-state index contributed by atoms with van der Waals surface area (Å²) in [5.41, 5.74) is 9.06. The van der Waals surface area contributed by atoms with Crippen molar-refractivity contribution in [1.82, 2.24) is 0 Å². The molecule has 0 bridgehead atoms. The summed E-state index contributed by atoms with van der Waals surface area (Å²) in [7, 11) is -0.266. The molecule has 0 aromatic rings. The van der Waals surface area contributed by atoms with Crippen molar-refractivity contribution in [2.24, 2.45) is 5.73 Å². The Hall–Kier alpha value is -0.745. The Bertz CT molecular complexity index is 408. The van der Waals surface area contributed by atoms with Crippen LogP contribution >= 0.6 is 12.4 Å². The molecule has 2 N–H and O–H groups in total. The quantitative estimate of drug-likeness (QED) is 0.710. The molecule has 92 valence electrons. The van der Waals surface area contributed by atoms with Crippen molar-refractivity contribution in [1.29, 1.82) is 0 Å². The minimum Gasteiger partial charge on any atom is -0.494 e. The van der Waals surface area contributed by atoms with E-state index < -0.39 is 0 Å². The molecular weight excluding hydrogens is 240 g/mol. The summed E-state index contributed by atoms with van der Waals surface area (Å²) < 4.78 is 16.9. The average Bonchev–Trinajstić information content (AvgIpc) is 2.65. The highest BCUT2D eigenvalue weighted by molar-refractivity contribution is 6.57. The van der Waals surface area contributed by atoms with Crippen LogP contribution < -0.4 is 5.73 Å². The SMILES string of the molecule is C[C@@H]1OC=CC2=C[C@@H](CN)OB3OCC1=C32.Cl. The second kappa shape index (κ2) is 4.86. The van der Waals surface area contributed by atoms with E-state index in [1.165, 1.54) is 5.57 Å². The van der Waals surface area contributed by atoms with Crippen molar-refractivity contribution in [2.45, 2.75) is 19.1 Å². The number of hydrogen-bond donors (Lipinski definition) is 1. The zero-order valence-corrected chi connectivity index (χ0v) is 10.4. The molecule has 3 aliphatic rings. The normalized spacial score (nSPS) is 30.2. The van der Waals surface area contributed by atoms with Gasteiger partial charge in [-0.15, -0.1) is 12.4 Å². The van der Waals surface area contributed by atoms with Gasteiger partial charge in [-0.25, -0.2) is 0 Å². The Labute approximate surface area is 107 Å². The number of nitrogens with two attached hydrogens (primary N) is 1. The number of rotatable bonds is 1. The first-order valence-corrected chi connectivity index (χ1v) is 5.54. The van der Waals surface area contributed by atoms with Crippen molar-refractivity contribution in [2.75, 3.05) is 13.2 Å². The van der Waals surface area contributed by atoms with Crippen LogP contribution in [0, 0.1) is 0 Å². The minimum atomic E-state index is -0.266. The van der Waals surface area contributed by atoms with Gasteiger partial charge in [-0.3, -0.25) is 0 Å². The predicted molar refractivity (Wildman–Crippen MR) is 67.7 cm³/mol. The van der Waals surface area contributed by atoms with Crippen LogP contribution in [0.15, 0.2) is 35.0 Å². The van der Waals surface area contributed by atoms with Crippen LogP contribution in [0.5, 0.6) is 0 Å². The first-order valence-electron chi connectivity index (χ1n) is 5.54. The topological polar surface area (TPSA) is 53.7 Å². The summed E-state index contributed by atoms with van der Waals surface area (Å²) in [6, 6.07) is 0. The molecule has 0 aliphatic carbocycles. The fourth-order valence-corrected chi connectivity index (χ4v) is 2.31. The first kappa shape index (κ1) is 12.7. The Balaban J connectivity index is 0.00000108. The van der Waals surface area contributed by atoms with Gasteiger partial charge in [0.1, 0.15) is 6.10 Å². The Morgan fingerprint density at radius 3 is 3.12 bits per heavy atom. The van der Waals surface area contributed by atoms with Gasteiger partial charge in [0.15, 0.2) is 0 Å². The lowest BCUT2D eigenvalue weighted by molar-refractivity contribution is 0.165. The Morgan fingerprint density at radius 1 is 1.53 bits per heavy atom. The van der Waals surface area contributed by atoms with Gasteiger partial charge in [0.2, 0.25) is 0 Å². The molecule has 0 aromatic carbocycles. The van der Waals surface area contributed by atoms with Gasteiger partial charge in [-0.1, -0.05) is 0 Å². The van der Waals surface area contributed by atoms with Gasteiger partial charge in [0.05, 0.1) is 19.0 Å². The van der Waals surface area contributed by atoms with Crippen LogP contribution in [0.2, 0.25) is 0 Å². The van der Waals surface area contributed by atoms with Crippen molar-refractivity contribution >= 4 is 19.5 Å². The van der Waals surface area contributed by atoms with Gasteiger partial charge in [-0.2, -0.15) is 0 Å². The summed E-state index contributed by atoms with van der Waals surface area (Å²) >= 11 is 0. The van der Waals surface area contributed by atoms with Crippen molar-refractivity contribution in [3.8, 4) is 0 Å². The maximum Gasteiger partial charge on any atom is 0.495 e. The molecule has 0 aromatic heterocycles. The third-order valence-electron chi connectivity index (χ3n) is 3.20. The second-order valence-electron chi connectivity index (χ2n) is 4.20. The van der Waals surface area contributed by atoms with Crippen LogP contribution in [0.25, 0.3) is 0 Å². The summed E-state index contributed by atoms with van der Waals surface area (Å²) in [4.78, 5) is 0. The van der Waals surface area contributed by atoms with Gasteiger partial charge in [0, 0.05) is 6.54 Å². The summed E-state index contributed by atoms with van der Waals surface area (Å²) in [5, 5.41) is 0. The van der Waals surface area contributed by atoms with E-state index in [-0.39, 0.29) is 31.7 Å². The van der Waals surface area contributed by atoms with Crippen LogP contribution in [0.4, 0.5) is 0 Å². The lowest BCUT2D eigenvalue weighted by atomic mass is 9.70. The maximum absolute atomic E-state index is 5.73. The molecule has 3 heterocycles. The highest BCUT2D eigenvalue weighted by atomic mass is 35.5. The van der Waals surface area contributed by atoms with Gasteiger partial charge in [0.25, 0.3) is 0 Å². The fourth-order valence-electron chi connectivity index (χ4n) is 2.31. The van der Waals surface area contributed by atoms with Crippen LogP contribution in [0.3, 0.4) is 0 Å². The van der Waals surface area contributed by atoms with E-state index in [1.54, 1.807) is 6.26 Å². The second-order valence-corrected chi connectivity index (χ2v) is 4.20. The standard InChI is InChI=1S/C11H14BNO3.ClH/c1-7-10-6-15-12-11(10)8(2-3-14-7)4-9(5-13)16-12;/h2-4,7,9H,5-6,13H2,1H3;1H/t7-,9-;/m0./s1. The Kier molecular flexibility index (Phi) is 3.63. The average molecular weight is 256 g/mol. The lowest BCUT2D eigenvalue weighted by Crippen LogP contribution is -2.36. The maximum atomic E-state index is 5.73. The molecule has 4 nitrogen and oxygen atoms in total. The van der Waals surface area contributed by atoms with E-state index >= 15 is 0 Å². The zero-order valence-electron chi connectivity index (χ0n) is 9.59. The van der Waals surface area contributed by atoms with Gasteiger partial charge >= 0.3 is 7.12 Å². The molecular formula is C11H15BClNO3. The fraction of sp³-hybridized carbons (Fsp3) is 0.455. The van der Waals surface area contributed by atoms with E-state index in [9.17, 15) is 0 Å². The lowest BCUT2D eigenvalue weighted by Gasteiger charge is -2.23. The molecule has 17 heavy (non-hydrogen) atoms. The van der Waals surface area contributed by atoms with E-state index in [2.05, 4.69) is 0 Å². The van der Waals surface area contributed by atoms with E-state index in [0.717, 1.165) is 11.0 Å². The number of halogens is 1. The highest BCUT2D eigenvalue weighted by Gasteiger charge is 2.41. The van der Waals surface area contributed by atoms with Crippen molar-refractivity contribution < 1.29 is 14.0 Å². The van der Waals surface area contributed by atoms with E-state index in [1.807, 2.05) is 19.1 Å². The molecule has 3 rings (SSSR count). The minimum absolute atomic E-state index is 0. The first-order chi connectivity index (χ1) is 7.79. The highest BCUT2D eigenvalue weighted by Crippen LogP contribution is 2.35. The monoisotopic (exact) mass is 255 g/mol. The summed E-state index contributed by atoms with van der Waals surface area (Å²) in [6.45, 7) is 3.07. The molecule has 2 atom stereocenters. The molecule has 3 aliphatic heterocycles. The summed E-state index contributed by atoms with van der Waals surface area (Å²) in [6.07, 6.45) is 5.73. The van der Waals surface area contributed by atoms with Crippen LogP contribution in [-0.2, 0) is 14.0 Å². The molecule has 0 fully saturated rings. The van der Waals surface area contributed by atoms with Gasteiger partial charge < -0.3 is 19.8 Å². The molecule has 0 saturated heterocycles. The van der Waals surface area contributed by atoms with E-state index in [4.69, 9.17) is 19.8 Å². The molecule has 0 radical (unpaired) electrons. The largest absolute Gasteiger partial charge is 0.495 e. The van der Waals surface area contributed by atoms with Gasteiger partial charge in [-0.05, 0) is 35.7 Å².